The second kappa shape index (κ2) is 13.0. The van der Waals surface area contributed by atoms with Crippen LogP contribution in [0.25, 0.3) is 5.69 Å². The summed E-state index contributed by atoms with van der Waals surface area (Å²) < 4.78 is 46.7. The smallest absolute Gasteiger partial charge is 0.416 e. The highest BCUT2D eigenvalue weighted by Gasteiger charge is 2.36. The number of para-hydroxylation sites is 1. The molecule has 1 saturated heterocycles. The molecule has 0 saturated carbocycles. The summed E-state index contributed by atoms with van der Waals surface area (Å²) in [5.74, 6) is -0.530. The zero-order valence-electron chi connectivity index (χ0n) is 24.6. The van der Waals surface area contributed by atoms with Crippen LogP contribution in [0.4, 0.5) is 28.6 Å². The molecule has 1 fully saturated rings. The van der Waals surface area contributed by atoms with Crippen LogP contribution >= 0.6 is 0 Å². The van der Waals surface area contributed by atoms with E-state index in [1.54, 1.807) is 51.1 Å². The number of halogens is 3. The van der Waals surface area contributed by atoms with E-state index in [4.69, 9.17) is 4.74 Å². The second-order valence-electron chi connectivity index (χ2n) is 11.5. The van der Waals surface area contributed by atoms with E-state index in [1.807, 2.05) is 0 Å². The number of rotatable bonds is 7. The molecule has 1 aromatic heterocycles. The molecule has 0 spiro atoms. The largest absolute Gasteiger partial charge is 0.444 e. The zero-order valence-corrected chi connectivity index (χ0v) is 24.6. The molecule has 14 heteroatoms. The van der Waals surface area contributed by atoms with Crippen LogP contribution in [-0.4, -0.2) is 68.7 Å². The number of piperidine rings is 1. The lowest BCUT2D eigenvalue weighted by Gasteiger charge is -2.38. The van der Waals surface area contributed by atoms with Gasteiger partial charge in [0.05, 0.1) is 16.9 Å². The van der Waals surface area contributed by atoms with Gasteiger partial charge in [-0.1, -0.05) is 36.4 Å². The molecule has 2 heterocycles. The van der Waals surface area contributed by atoms with Crippen LogP contribution in [0.5, 0.6) is 0 Å². The first-order valence-electron chi connectivity index (χ1n) is 14.0. The molecule has 11 nitrogen and oxygen atoms in total. The molecule has 44 heavy (non-hydrogen) atoms. The lowest BCUT2D eigenvalue weighted by atomic mass is 9.91. The molecule has 0 radical (unpaired) electrons. The Morgan fingerprint density at radius 3 is 2.25 bits per heavy atom. The van der Waals surface area contributed by atoms with Gasteiger partial charge in [-0.25, -0.2) is 14.3 Å². The van der Waals surface area contributed by atoms with E-state index in [1.165, 1.54) is 33.8 Å². The van der Waals surface area contributed by atoms with Crippen LogP contribution in [0.15, 0.2) is 60.7 Å². The molecule has 0 unspecified atom stereocenters. The Hall–Kier alpha value is -4.59. The highest BCUT2D eigenvalue weighted by Crippen LogP contribution is 2.32. The number of nitrogens with one attached hydrogen (secondary N) is 3. The van der Waals surface area contributed by atoms with Crippen LogP contribution in [-0.2, 0) is 17.5 Å². The first kappa shape index (κ1) is 32.3. The SMILES string of the molecule is CC(C)(C)OC(=O)N1CCC(O)(CNC(=O)c2cc(NC(=O)NCc3ccccc3C(F)(F)F)n(-c3ccccc3)n2)CC1. The minimum absolute atomic E-state index is 0.0682. The first-order chi connectivity index (χ1) is 20.6. The van der Waals surface area contributed by atoms with E-state index in [0.717, 1.165) is 6.07 Å². The number of ether oxygens (including phenoxy) is 1. The van der Waals surface area contributed by atoms with E-state index in [-0.39, 0.29) is 49.6 Å². The molecule has 0 aliphatic carbocycles. The van der Waals surface area contributed by atoms with Crippen LogP contribution in [0.2, 0.25) is 0 Å². The Kier molecular flexibility index (Phi) is 9.52. The molecule has 4 rings (SSSR count). The van der Waals surface area contributed by atoms with Crippen molar-refractivity contribution < 1.29 is 37.4 Å². The zero-order chi connectivity index (χ0) is 32.1. The van der Waals surface area contributed by atoms with Gasteiger partial charge in [-0.05, 0) is 57.4 Å². The van der Waals surface area contributed by atoms with Crippen molar-refractivity contribution in [1.29, 1.82) is 0 Å². The van der Waals surface area contributed by atoms with E-state index in [0.29, 0.717) is 5.69 Å². The third kappa shape index (κ3) is 8.49. The molecule has 4 amide bonds. The maximum Gasteiger partial charge on any atom is 0.416 e. The number of alkyl halides is 3. The monoisotopic (exact) mass is 616 g/mol. The Morgan fingerprint density at radius 1 is 0.977 bits per heavy atom. The van der Waals surface area contributed by atoms with E-state index in [9.17, 15) is 32.7 Å². The van der Waals surface area contributed by atoms with Crippen molar-refractivity contribution in [2.75, 3.05) is 25.0 Å². The van der Waals surface area contributed by atoms with Gasteiger partial charge in [0.1, 0.15) is 11.4 Å². The molecule has 4 N–H and O–H groups in total. The van der Waals surface area contributed by atoms with Crippen molar-refractivity contribution in [2.45, 2.75) is 57.5 Å². The van der Waals surface area contributed by atoms with Gasteiger partial charge >= 0.3 is 18.3 Å². The standard InChI is InChI=1S/C30H35F3N6O5/c1-28(2,3)44-27(42)38-15-13-29(43,14-16-38)19-35-25(40)23-17-24(39(37-23)21-10-5-4-6-11-21)36-26(41)34-18-20-9-7-8-12-22(20)30(31,32)33/h4-12,17,43H,13-16,18-19H2,1-3H3,(H,35,40)(H2,34,36,41). The predicted octanol–water partition coefficient (Wildman–Crippen LogP) is 4.70. The maximum absolute atomic E-state index is 13.3. The van der Waals surface area contributed by atoms with Gasteiger partial charge in [0, 0.05) is 32.2 Å². The molecule has 3 aromatic rings. The van der Waals surface area contributed by atoms with E-state index < -0.39 is 47.5 Å². The van der Waals surface area contributed by atoms with Gasteiger partial charge < -0.3 is 25.4 Å². The Bertz CT molecular complexity index is 1480. The summed E-state index contributed by atoms with van der Waals surface area (Å²) in [6.07, 6.45) is -4.61. The number of nitrogens with zero attached hydrogens (tertiary/aromatic N) is 3. The lowest BCUT2D eigenvalue weighted by molar-refractivity contribution is -0.138. The normalized spacial score (nSPS) is 14.9. The van der Waals surface area contributed by atoms with Crippen LogP contribution in [0.3, 0.4) is 0 Å². The molecule has 0 bridgehead atoms. The molecule has 236 valence electrons. The molecular weight excluding hydrogens is 581 g/mol. The lowest BCUT2D eigenvalue weighted by Crippen LogP contribution is -2.52. The number of hydrogen-bond donors (Lipinski definition) is 4. The van der Waals surface area contributed by atoms with Crippen molar-refractivity contribution in [3.8, 4) is 5.69 Å². The fourth-order valence-corrected chi connectivity index (χ4v) is 4.58. The molecule has 1 aliphatic heterocycles. The van der Waals surface area contributed by atoms with Crippen molar-refractivity contribution in [3.63, 3.8) is 0 Å². The third-order valence-electron chi connectivity index (χ3n) is 6.87. The minimum Gasteiger partial charge on any atom is -0.444 e. The van der Waals surface area contributed by atoms with Crippen LogP contribution in [0, 0.1) is 0 Å². The van der Waals surface area contributed by atoms with Crippen LogP contribution in [0.1, 0.15) is 55.2 Å². The molecule has 1 aliphatic rings. The average Bonchev–Trinajstić information content (AvgIpc) is 3.38. The quantitative estimate of drug-likeness (QED) is 0.304. The fourth-order valence-electron chi connectivity index (χ4n) is 4.58. The summed E-state index contributed by atoms with van der Waals surface area (Å²) in [6.45, 7) is 5.31. The van der Waals surface area contributed by atoms with E-state index in [2.05, 4.69) is 21.0 Å². The number of anilines is 1. The third-order valence-corrected chi connectivity index (χ3v) is 6.87. The van der Waals surface area contributed by atoms with Gasteiger partial charge in [0.2, 0.25) is 0 Å². The Balaban J connectivity index is 1.41. The Labute approximate surface area is 252 Å². The summed E-state index contributed by atoms with van der Waals surface area (Å²) in [4.78, 5) is 39.6. The van der Waals surface area contributed by atoms with Crippen LogP contribution < -0.4 is 16.0 Å². The number of carbonyl (C=O) groups excluding carboxylic acids is 3. The fraction of sp³-hybridized carbons (Fsp3) is 0.400. The van der Waals surface area contributed by atoms with Crippen molar-refractivity contribution in [1.82, 2.24) is 25.3 Å². The summed E-state index contributed by atoms with van der Waals surface area (Å²) in [6, 6.07) is 14.0. The van der Waals surface area contributed by atoms with Gasteiger partial charge in [0.25, 0.3) is 5.91 Å². The summed E-state index contributed by atoms with van der Waals surface area (Å²) in [7, 11) is 0. The number of aliphatic hydroxyl groups is 1. The summed E-state index contributed by atoms with van der Waals surface area (Å²) in [5, 5.41) is 23.0. The number of hydrogen-bond acceptors (Lipinski definition) is 6. The number of benzene rings is 2. The number of amides is 4. The number of likely N-dealkylation sites (tertiary alicyclic amines) is 1. The van der Waals surface area contributed by atoms with Gasteiger partial charge in [-0.15, -0.1) is 0 Å². The van der Waals surface area contributed by atoms with Gasteiger partial charge in [-0.3, -0.25) is 10.1 Å². The van der Waals surface area contributed by atoms with Crippen molar-refractivity contribution in [3.05, 3.63) is 77.5 Å². The molecule has 2 aromatic carbocycles. The summed E-state index contributed by atoms with van der Waals surface area (Å²) in [5.41, 5.74) is -2.43. The first-order valence-corrected chi connectivity index (χ1v) is 14.0. The topological polar surface area (TPSA) is 138 Å². The van der Waals surface area contributed by atoms with E-state index >= 15 is 0 Å². The second-order valence-corrected chi connectivity index (χ2v) is 11.5. The molecular formula is C30H35F3N6O5. The van der Waals surface area contributed by atoms with Gasteiger partial charge in [0.15, 0.2) is 5.69 Å². The van der Waals surface area contributed by atoms with Crippen molar-refractivity contribution >= 4 is 23.8 Å². The number of urea groups is 1. The molecule has 0 atom stereocenters. The highest BCUT2D eigenvalue weighted by atomic mass is 19.4. The Morgan fingerprint density at radius 2 is 1.61 bits per heavy atom. The van der Waals surface area contributed by atoms with Gasteiger partial charge in [-0.2, -0.15) is 18.3 Å². The number of carbonyl (C=O) groups is 3. The number of aromatic nitrogens is 2. The summed E-state index contributed by atoms with van der Waals surface area (Å²) >= 11 is 0. The maximum atomic E-state index is 13.3. The van der Waals surface area contributed by atoms with Crippen molar-refractivity contribution in [2.24, 2.45) is 0 Å². The minimum atomic E-state index is -4.58. The predicted molar refractivity (Wildman–Crippen MR) is 155 cm³/mol. The average molecular weight is 617 g/mol. The highest BCUT2D eigenvalue weighted by molar-refractivity contribution is 5.95.